The van der Waals surface area contributed by atoms with E-state index in [1.807, 2.05) is 42.2 Å². The number of aromatic amines is 1. The van der Waals surface area contributed by atoms with Crippen LogP contribution in [0.3, 0.4) is 0 Å². The summed E-state index contributed by atoms with van der Waals surface area (Å²) in [4.78, 5) is 27.1. The summed E-state index contributed by atoms with van der Waals surface area (Å²) in [5.74, 6) is 0.417. The molecule has 160 valence electrons. The van der Waals surface area contributed by atoms with E-state index in [1.54, 1.807) is 0 Å². The van der Waals surface area contributed by atoms with Gasteiger partial charge in [0.1, 0.15) is 5.52 Å². The predicted octanol–water partition coefficient (Wildman–Crippen LogP) is 4.27. The van der Waals surface area contributed by atoms with Gasteiger partial charge in [-0.15, -0.1) is 0 Å². The molecule has 7 nitrogen and oxygen atoms in total. The molecule has 1 fully saturated rings. The number of rotatable bonds is 6. The van der Waals surface area contributed by atoms with Crippen molar-refractivity contribution in [1.82, 2.24) is 25.2 Å². The topological polar surface area (TPSA) is 87.0 Å². The van der Waals surface area contributed by atoms with Crippen LogP contribution >= 0.6 is 0 Å². The molecular formula is C24H27N5O2. The smallest absolute Gasteiger partial charge is 0.289 e. The minimum Gasteiger partial charge on any atom is -0.443 e. The molecule has 31 heavy (non-hydrogen) atoms. The molecule has 0 radical (unpaired) electrons. The van der Waals surface area contributed by atoms with Gasteiger partial charge in [-0.05, 0) is 62.4 Å². The zero-order valence-electron chi connectivity index (χ0n) is 17.7. The Labute approximate surface area is 180 Å². The molecule has 1 amide bonds. The number of oxazole rings is 1. The number of hydrogen-bond acceptors (Lipinski definition) is 5. The Bertz CT molecular complexity index is 1160. The van der Waals surface area contributed by atoms with E-state index in [0.717, 1.165) is 54.4 Å². The number of H-pyrrole nitrogens is 1. The summed E-state index contributed by atoms with van der Waals surface area (Å²) in [6.07, 6.45) is 5.69. The Hall–Kier alpha value is -3.19. The van der Waals surface area contributed by atoms with Crippen LogP contribution in [0.2, 0.25) is 0 Å². The number of para-hydroxylation sites is 2. The molecule has 7 heteroatoms. The van der Waals surface area contributed by atoms with Crippen LogP contribution < -0.4 is 5.32 Å². The first kappa shape index (κ1) is 19.8. The number of amides is 1. The van der Waals surface area contributed by atoms with E-state index >= 15 is 0 Å². The minimum atomic E-state index is -0.0131. The van der Waals surface area contributed by atoms with E-state index in [9.17, 15) is 4.79 Å². The van der Waals surface area contributed by atoms with Gasteiger partial charge in [-0.2, -0.15) is 0 Å². The minimum absolute atomic E-state index is 0.0131. The second-order valence-electron chi connectivity index (χ2n) is 8.25. The maximum absolute atomic E-state index is 13.2. The Balaban J connectivity index is 1.25. The number of carbonyl (C=O) groups excluding carboxylic acids is 1. The van der Waals surface area contributed by atoms with Crippen LogP contribution in [0.15, 0.2) is 53.3 Å². The fourth-order valence-electron chi connectivity index (χ4n) is 4.67. The van der Waals surface area contributed by atoms with Gasteiger partial charge in [-0.25, -0.2) is 9.97 Å². The lowest BCUT2D eigenvalue weighted by atomic mass is 9.89. The molecule has 1 saturated carbocycles. The number of imidazole rings is 1. The molecule has 5 rings (SSSR count). The predicted molar refractivity (Wildman–Crippen MR) is 120 cm³/mol. The molecule has 0 spiro atoms. The van der Waals surface area contributed by atoms with Gasteiger partial charge in [0.2, 0.25) is 0 Å². The Kier molecular flexibility index (Phi) is 5.42. The van der Waals surface area contributed by atoms with Crippen molar-refractivity contribution in [3.63, 3.8) is 0 Å². The third-order valence-corrected chi connectivity index (χ3v) is 6.27. The van der Waals surface area contributed by atoms with E-state index < -0.39 is 0 Å². The molecule has 0 unspecified atom stereocenters. The Morgan fingerprint density at radius 1 is 1.23 bits per heavy atom. The first-order valence-electron chi connectivity index (χ1n) is 11.0. The monoisotopic (exact) mass is 417 g/mol. The first-order valence-corrected chi connectivity index (χ1v) is 11.0. The summed E-state index contributed by atoms with van der Waals surface area (Å²) in [6.45, 7) is 3.50. The summed E-state index contributed by atoms with van der Waals surface area (Å²) in [5.41, 5.74) is 4.61. The van der Waals surface area contributed by atoms with Crippen molar-refractivity contribution in [2.45, 2.75) is 51.2 Å². The molecule has 0 aliphatic heterocycles. The lowest BCUT2D eigenvalue weighted by Gasteiger charge is -2.37. The summed E-state index contributed by atoms with van der Waals surface area (Å²) in [6, 6.07) is 14.5. The lowest BCUT2D eigenvalue weighted by molar-refractivity contribution is 0.0617. The van der Waals surface area contributed by atoms with Gasteiger partial charge in [0.25, 0.3) is 5.91 Å². The van der Waals surface area contributed by atoms with Crippen molar-refractivity contribution in [2.75, 3.05) is 6.54 Å². The highest BCUT2D eigenvalue weighted by Crippen LogP contribution is 2.25. The Morgan fingerprint density at radius 2 is 2.13 bits per heavy atom. The second-order valence-corrected chi connectivity index (χ2v) is 8.25. The highest BCUT2D eigenvalue weighted by Gasteiger charge is 2.30. The molecule has 2 aromatic carbocycles. The zero-order valence-corrected chi connectivity index (χ0v) is 17.7. The number of aromatic nitrogens is 3. The first-order chi connectivity index (χ1) is 15.2. The van der Waals surface area contributed by atoms with Crippen molar-refractivity contribution >= 4 is 28.0 Å². The van der Waals surface area contributed by atoms with Crippen LogP contribution in [0.5, 0.6) is 0 Å². The number of carbonyl (C=O) groups is 1. The van der Waals surface area contributed by atoms with Gasteiger partial charge in [0, 0.05) is 25.2 Å². The summed E-state index contributed by atoms with van der Waals surface area (Å²) < 4.78 is 5.32. The van der Waals surface area contributed by atoms with Crippen LogP contribution in [-0.2, 0) is 6.54 Å². The van der Waals surface area contributed by atoms with Crippen LogP contribution in [0.25, 0.3) is 22.1 Å². The number of fused-ring (bicyclic) bond motifs is 2. The zero-order chi connectivity index (χ0) is 21.2. The van der Waals surface area contributed by atoms with Gasteiger partial charge in [0.05, 0.1) is 11.0 Å². The highest BCUT2D eigenvalue weighted by atomic mass is 16.3. The van der Waals surface area contributed by atoms with E-state index in [-0.39, 0.29) is 11.9 Å². The molecule has 2 heterocycles. The molecule has 2 atom stereocenters. The van der Waals surface area contributed by atoms with E-state index in [4.69, 9.17) is 4.42 Å². The van der Waals surface area contributed by atoms with Gasteiger partial charge in [-0.1, -0.05) is 18.2 Å². The SMILES string of the molecule is CCN(C(=O)c1nc2ccccc2[nH]1)[C@H]1CCC[C@@H](NCc2ccc3ocnc3c2)C1. The fourth-order valence-corrected chi connectivity index (χ4v) is 4.67. The normalized spacial score (nSPS) is 19.1. The van der Waals surface area contributed by atoms with Crippen LogP contribution in [0.1, 0.15) is 48.8 Å². The molecular weight excluding hydrogens is 390 g/mol. The quantitative estimate of drug-likeness (QED) is 0.489. The third-order valence-electron chi connectivity index (χ3n) is 6.27. The van der Waals surface area contributed by atoms with Crippen molar-refractivity contribution in [3.8, 4) is 0 Å². The number of benzene rings is 2. The van der Waals surface area contributed by atoms with E-state index in [1.165, 1.54) is 12.0 Å². The van der Waals surface area contributed by atoms with E-state index in [2.05, 4.69) is 32.4 Å². The Morgan fingerprint density at radius 3 is 3.00 bits per heavy atom. The average Bonchev–Trinajstić information content (AvgIpc) is 3.45. The molecule has 1 aliphatic rings. The van der Waals surface area contributed by atoms with E-state index in [0.29, 0.717) is 18.4 Å². The number of nitrogens with one attached hydrogen (secondary N) is 2. The van der Waals surface area contributed by atoms with Gasteiger partial charge in [-0.3, -0.25) is 4.79 Å². The van der Waals surface area contributed by atoms with Crippen LogP contribution in [-0.4, -0.2) is 44.4 Å². The van der Waals surface area contributed by atoms with Crippen molar-refractivity contribution in [1.29, 1.82) is 0 Å². The molecule has 2 aromatic heterocycles. The maximum atomic E-state index is 13.2. The summed E-state index contributed by atoms with van der Waals surface area (Å²) in [7, 11) is 0. The largest absolute Gasteiger partial charge is 0.443 e. The van der Waals surface area contributed by atoms with Crippen LogP contribution in [0, 0.1) is 0 Å². The van der Waals surface area contributed by atoms with Crippen molar-refractivity contribution in [2.24, 2.45) is 0 Å². The molecule has 2 N–H and O–H groups in total. The molecule has 4 aromatic rings. The fraction of sp³-hybridized carbons (Fsp3) is 0.375. The van der Waals surface area contributed by atoms with Gasteiger partial charge < -0.3 is 19.6 Å². The summed E-state index contributed by atoms with van der Waals surface area (Å²) >= 11 is 0. The second kappa shape index (κ2) is 8.51. The van der Waals surface area contributed by atoms with Crippen molar-refractivity contribution < 1.29 is 9.21 Å². The standard InChI is InChI=1S/C24H27N5O2/c1-2-29(24(30)23-27-19-8-3-4-9-20(19)28-23)18-7-5-6-17(13-18)25-14-16-10-11-22-21(12-16)26-15-31-22/h3-4,8-12,15,17-18,25H,2,5-7,13-14H2,1H3,(H,27,28)/t17-,18+/m1/s1. The highest BCUT2D eigenvalue weighted by molar-refractivity contribution is 5.94. The van der Waals surface area contributed by atoms with Gasteiger partial charge >= 0.3 is 0 Å². The van der Waals surface area contributed by atoms with Crippen molar-refractivity contribution in [3.05, 3.63) is 60.2 Å². The van der Waals surface area contributed by atoms with Crippen LogP contribution in [0.4, 0.5) is 0 Å². The number of hydrogen-bond donors (Lipinski definition) is 2. The summed E-state index contributed by atoms with van der Waals surface area (Å²) in [5, 5.41) is 3.68. The number of nitrogens with zero attached hydrogens (tertiary/aromatic N) is 3. The molecule has 0 saturated heterocycles. The molecule has 1 aliphatic carbocycles. The maximum Gasteiger partial charge on any atom is 0.289 e. The lowest BCUT2D eigenvalue weighted by Crippen LogP contribution is -2.47. The average molecular weight is 418 g/mol. The molecule has 0 bridgehead atoms. The van der Waals surface area contributed by atoms with Gasteiger partial charge in [0.15, 0.2) is 17.8 Å². The third kappa shape index (κ3) is 4.05.